The molecule has 1 aromatic carbocycles. The summed E-state index contributed by atoms with van der Waals surface area (Å²) in [5, 5.41) is 17.9. The number of aliphatic hydroxyl groups excluding tert-OH is 1. The Bertz CT molecular complexity index is 562. The largest absolute Gasteiger partial charge is 0.430 e. The summed E-state index contributed by atoms with van der Waals surface area (Å²) in [5.41, 5.74) is 6.34. The van der Waals surface area contributed by atoms with Gasteiger partial charge in [-0.25, -0.2) is 0 Å². The van der Waals surface area contributed by atoms with E-state index in [2.05, 4.69) is 15.7 Å². The van der Waals surface area contributed by atoms with Gasteiger partial charge in [-0.15, -0.1) is 10.8 Å². The van der Waals surface area contributed by atoms with Crippen molar-refractivity contribution in [3.63, 3.8) is 0 Å². The average Bonchev–Trinajstić information content (AvgIpc) is 2.94. The molecule has 3 rings (SSSR count). The Kier molecular flexibility index (Phi) is 3.47. The predicted octanol–water partition coefficient (Wildman–Crippen LogP) is 1.37. The molecule has 4 N–H and O–H groups in total. The van der Waals surface area contributed by atoms with Gasteiger partial charge in [0.05, 0.1) is 0 Å². The second-order valence-electron chi connectivity index (χ2n) is 5.13. The minimum absolute atomic E-state index is 1.00. The van der Waals surface area contributed by atoms with E-state index in [1.165, 1.54) is 22.3 Å². The first kappa shape index (κ1) is 12.9. The van der Waals surface area contributed by atoms with Crippen LogP contribution in [0.25, 0.3) is 0 Å². The monoisotopic (exact) mass is 280 g/mol. The van der Waals surface area contributed by atoms with Crippen LogP contribution in [0.15, 0.2) is 10.4 Å². The molecule has 1 aromatic rings. The zero-order chi connectivity index (χ0) is 13.4. The number of nitrogens with two attached hydrogens (primary N) is 1. The molecule has 0 aliphatic heterocycles. The molecule has 5 nitrogen and oxygen atoms in total. The van der Waals surface area contributed by atoms with Crippen LogP contribution in [0, 0.1) is 0 Å². The van der Waals surface area contributed by atoms with Gasteiger partial charge in [-0.2, -0.15) is 0 Å². The first-order chi connectivity index (χ1) is 9.15. The number of aliphatic hydroxyl groups is 1. The molecule has 0 heterocycles. The Morgan fingerprint density at radius 1 is 1.21 bits per heavy atom. The second-order valence-corrected chi connectivity index (χ2v) is 5.90. The lowest BCUT2D eigenvalue weighted by Gasteiger charge is -2.19. The van der Waals surface area contributed by atoms with E-state index in [4.69, 9.17) is 5.14 Å². The number of rotatable bonds is 3. The number of nitrogens with one attached hydrogen (secondary N) is 1. The van der Waals surface area contributed by atoms with Crippen molar-refractivity contribution >= 4 is 16.5 Å². The Morgan fingerprint density at radius 2 is 1.79 bits per heavy atom. The number of nitrogens with zero attached hydrogens (tertiary/aromatic N) is 1. The van der Waals surface area contributed by atoms with Crippen LogP contribution in [0.4, 0.5) is 5.69 Å². The number of benzene rings is 1. The van der Waals surface area contributed by atoms with Crippen LogP contribution in [0.2, 0.25) is 0 Å². The lowest BCUT2D eigenvalue weighted by Crippen LogP contribution is -2.19. The van der Waals surface area contributed by atoms with Crippen molar-refractivity contribution in [1.82, 2.24) is 0 Å². The molecule has 0 saturated heterocycles. The van der Waals surface area contributed by atoms with Crippen molar-refractivity contribution in [2.75, 3.05) is 5.32 Å². The van der Waals surface area contributed by atoms with Gasteiger partial charge in [0.15, 0.2) is 0 Å². The van der Waals surface area contributed by atoms with Gasteiger partial charge in [-0.3, -0.25) is 0 Å². The first-order valence-electron chi connectivity index (χ1n) is 6.63. The molecule has 0 saturated carbocycles. The molecule has 0 aromatic heterocycles. The normalized spacial score (nSPS) is 20.1. The van der Waals surface area contributed by atoms with Crippen LogP contribution in [-0.2, 0) is 40.7 Å². The molecular weight excluding hydrogens is 262 g/mol. The highest BCUT2D eigenvalue weighted by Crippen LogP contribution is 2.38. The maximum atomic E-state index is 10.8. The lowest BCUT2D eigenvalue weighted by atomic mass is 9.99. The molecule has 2 aliphatic rings. The molecule has 104 valence electrons. The van der Waals surface area contributed by atoms with E-state index >= 15 is 0 Å². The Labute approximate surface area is 114 Å². The lowest BCUT2D eigenvalue weighted by molar-refractivity contribution is 0.216. The number of anilines is 1. The molecule has 0 amide bonds. The van der Waals surface area contributed by atoms with Crippen LogP contribution >= 0.6 is 0 Å². The van der Waals surface area contributed by atoms with Gasteiger partial charge in [0, 0.05) is 5.69 Å². The third-order valence-electron chi connectivity index (χ3n) is 3.95. The second kappa shape index (κ2) is 5.11. The summed E-state index contributed by atoms with van der Waals surface area (Å²) >= 11 is 0. The third-order valence-corrected chi connectivity index (χ3v) is 4.36. The van der Waals surface area contributed by atoms with Crippen LogP contribution in [0.3, 0.4) is 0 Å². The van der Waals surface area contributed by atoms with Crippen molar-refractivity contribution in [2.24, 2.45) is 9.50 Å². The fourth-order valence-electron chi connectivity index (χ4n) is 3.24. The minimum atomic E-state index is -1.85. The average molecular weight is 280 g/mol. The van der Waals surface area contributed by atoms with Crippen molar-refractivity contribution in [3.05, 3.63) is 28.3 Å². The Balaban J connectivity index is 2.00. The highest BCUT2D eigenvalue weighted by atomic mass is 32.2. The van der Waals surface area contributed by atoms with Gasteiger partial charge < -0.3 is 24.1 Å². The molecular formula is C13H18N3O2S-. The number of fused-ring (bicyclic) bond motifs is 2. The Hall–Kier alpha value is -1.11. The van der Waals surface area contributed by atoms with Crippen LogP contribution in [0.1, 0.15) is 35.1 Å². The van der Waals surface area contributed by atoms with E-state index in [9.17, 15) is 9.32 Å². The fourth-order valence-corrected chi connectivity index (χ4v) is 3.49. The van der Waals surface area contributed by atoms with Crippen molar-refractivity contribution < 1.29 is 9.32 Å². The summed E-state index contributed by atoms with van der Waals surface area (Å²) < 4.78 is 14.4. The van der Waals surface area contributed by atoms with E-state index in [-0.39, 0.29) is 0 Å². The van der Waals surface area contributed by atoms with Gasteiger partial charge in [0.2, 0.25) is 6.35 Å². The van der Waals surface area contributed by atoms with Crippen molar-refractivity contribution in [2.45, 2.75) is 44.9 Å². The summed E-state index contributed by atoms with van der Waals surface area (Å²) in [7, 11) is -1.85. The van der Waals surface area contributed by atoms with Crippen molar-refractivity contribution in [1.29, 1.82) is 0 Å². The maximum Gasteiger partial charge on any atom is 0.201 e. The Morgan fingerprint density at radius 3 is 2.32 bits per heavy atom. The van der Waals surface area contributed by atoms with E-state index in [1.807, 2.05) is 0 Å². The van der Waals surface area contributed by atoms with E-state index < -0.39 is 17.1 Å². The molecule has 0 radical (unpaired) electrons. The highest BCUT2D eigenvalue weighted by molar-refractivity contribution is 7.72. The van der Waals surface area contributed by atoms with Gasteiger partial charge >= 0.3 is 0 Å². The van der Waals surface area contributed by atoms with Crippen LogP contribution in [0.5, 0.6) is 0 Å². The number of hydrogen-bond donors (Lipinski definition) is 3. The summed E-state index contributed by atoms with van der Waals surface area (Å²) in [5.74, 6) is 0. The van der Waals surface area contributed by atoms with Crippen LogP contribution in [-0.4, -0.2) is 11.5 Å². The third kappa shape index (κ3) is 2.48. The molecule has 0 spiro atoms. The SMILES string of the molecule is N[S-](=O)=NC(O)Nc1c2c(cc3c1CCC3)CCC2. The van der Waals surface area contributed by atoms with E-state index in [0.717, 1.165) is 44.2 Å². The topological polar surface area (TPSA) is 87.7 Å². The standard InChI is InChI=1S/C13H18N3O2S/c14-19(18)16-13(17)15-12-10-5-1-3-8(10)7-9-4-2-6-11(9)12/h7,13,15,17H,1-6H2,(H2,14,16,18)/q-1. The minimum Gasteiger partial charge on any atom is -0.430 e. The number of aryl methyl sites for hydroxylation is 2. The van der Waals surface area contributed by atoms with Gasteiger partial charge in [-0.05, 0) is 60.8 Å². The molecule has 19 heavy (non-hydrogen) atoms. The zero-order valence-corrected chi connectivity index (χ0v) is 11.5. The smallest absolute Gasteiger partial charge is 0.201 e. The van der Waals surface area contributed by atoms with Crippen molar-refractivity contribution in [3.8, 4) is 0 Å². The first-order valence-corrected chi connectivity index (χ1v) is 7.80. The summed E-state index contributed by atoms with van der Waals surface area (Å²) in [4.78, 5) is 0. The molecule has 1 unspecified atom stereocenters. The van der Waals surface area contributed by atoms with Crippen LogP contribution < -0.4 is 10.5 Å². The zero-order valence-electron chi connectivity index (χ0n) is 10.7. The van der Waals surface area contributed by atoms with E-state index in [0.29, 0.717) is 0 Å². The molecule has 1 atom stereocenters. The van der Waals surface area contributed by atoms with Gasteiger partial charge in [0.25, 0.3) is 0 Å². The van der Waals surface area contributed by atoms with Gasteiger partial charge in [0.1, 0.15) is 0 Å². The summed E-state index contributed by atoms with van der Waals surface area (Å²) in [6, 6.07) is 2.32. The molecule has 2 aliphatic carbocycles. The highest BCUT2D eigenvalue weighted by Gasteiger charge is 2.24. The maximum absolute atomic E-state index is 10.8. The van der Waals surface area contributed by atoms with Gasteiger partial charge in [-0.1, -0.05) is 6.07 Å². The quantitative estimate of drug-likeness (QED) is 0.577. The fraction of sp³-hybridized carbons (Fsp3) is 0.538. The molecule has 0 fully saturated rings. The number of hydrogen-bond acceptors (Lipinski definition) is 5. The summed E-state index contributed by atoms with van der Waals surface area (Å²) in [6.45, 7) is 0. The molecule has 0 bridgehead atoms. The van der Waals surface area contributed by atoms with E-state index in [1.54, 1.807) is 0 Å². The predicted molar refractivity (Wildman–Crippen MR) is 74.8 cm³/mol. The molecule has 6 heteroatoms. The summed E-state index contributed by atoms with van der Waals surface area (Å²) in [6.07, 6.45) is 5.38.